The van der Waals surface area contributed by atoms with E-state index in [1.54, 1.807) is 6.07 Å². The number of nitriles is 1. The van der Waals surface area contributed by atoms with Crippen LogP contribution < -0.4 is 5.32 Å². The number of rotatable bonds is 4. The molecule has 8 nitrogen and oxygen atoms in total. The highest BCUT2D eigenvalue weighted by molar-refractivity contribution is 6.04. The van der Waals surface area contributed by atoms with Crippen molar-refractivity contribution in [1.82, 2.24) is 14.5 Å². The summed E-state index contributed by atoms with van der Waals surface area (Å²) in [5, 5.41) is 13.1. The Labute approximate surface area is 204 Å². The third kappa shape index (κ3) is 4.77. The number of aromatic nitrogens is 2. The first-order chi connectivity index (χ1) is 17.0. The van der Waals surface area contributed by atoms with Crippen LogP contribution >= 0.6 is 0 Å². The molecule has 4 heterocycles. The summed E-state index contributed by atoms with van der Waals surface area (Å²) >= 11 is 0. The molecule has 2 saturated heterocycles. The van der Waals surface area contributed by atoms with Crippen LogP contribution in [0.15, 0.2) is 42.7 Å². The van der Waals surface area contributed by atoms with Crippen molar-refractivity contribution in [1.29, 1.82) is 5.26 Å². The number of hydrogen-bond donors (Lipinski definition) is 1. The number of aryl methyl sites for hydroxylation is 1. The van der Waals surface area contributed by atoms with E-state index in [2.05, 4.69) is 21.1 Å². The molecule has 0 aliphatic carbocycles. The summed E-state index contributed by atoms with van der Waals surface area (Å²) in [5.74, 6) is 0.396. The third-order valence-corrected chi connectivity index (χ3v) is 7.22. The number of amides is 2. The minimum Gasteiger partial charge on any atom is -0.381 e. The molecular weight excluding hydrogens is 442 g/mol. The molecule has 180 valence electrons. The van der Waals surface area contributed by atoms with Crippen LogP contribution in [0.2, 0.25) is 0 Å². The maximum atomic E-state index is 12.9. The lowest BCUT2D eigenvalue weighted by atomic mass is 9.88. The second-order valence-electron chi connectivity index (χ2n) is 9.41. The zero-order valence-electron chi connectivity index (χ0n) is 19.9. The molecule has 2 fully saturated rings. The SMILES string of the molecule is Cn1cc(C2CCN(C(=O)C3CCOCC3)CC2)c2cc(NC(=O)c3cc(C#N)ccn3)ccc21. The third-order valence-electron chi connectivity index (χ3n) is 7.22. The molecule has 35 heavy (non-hydrogen) atoms. The quantitative estimate of drug-likeness (QED) is 0.623. The summed E-state index contributed by atoms with van der Waals surface area (Å²) in [6.07, 6.45) is 7.14. The second kappa shape index (κ2) is 9.88. The van der Waals surface area contributed by atoms with Gasteiger partial charge in [0.25, 0.3) is 5.91 Å². The van der Waals surface area contributed by atoms with E-state index in [1.807, 2.05) is 36.2 Å². The molecule has 0 bridgehead atoms. The predicted molar refractivity (Wildman–Crippen MR) is 132 cm³/mol. The smallest absolute Gasteiger partial charge is 0.274 e. The molecule has 2 aliphatic heterocycles. The van der Waals surface area contributed by atoms with Crippen LogP contribution in [0.25, 0.3) is 10.9 Å². The Kier molecular flexibility index (Phi) is 6.51. The van der Waals surface area contributed by atoms with Crippen molar-refractivity contribution in [2.24, 2.45) is 13.0 Å². The van der Waals surface area contributed by atoms with Crippen molar-refractivity contribution in [2.75, 3.05) is 31.6 Å². The Hall–Kier alpha value is -3.70. The van der Waals surface area contributed by atoms with Gasteiger partial charge in [0.1, 0.15) is 5.69 Å². The largest absolute Gasteiger partial charge is 0.381 e. The Morgan fingerprint density at radius 1 is 1.11 bits per heavy atom. The number of fused-ring (bicyclic) bond motifs is 1. The minimum absolute atomic E-state index is 0.104. The fraction of sp³-hybridized carbons (Fsp3) is 0.407. The summed E-state index contributed by atoms with van der Waals surface area (Å²) in [5.41, 5.74) is 3.64. The zero-order chi connectivity index (χ0) is 24.4. The summed E-state index contributed by atoms with van der Waals surface area (Å²) in [6.45, 7) is 2.91. The van der Waals surface area contributed by atoms with Crippen LogP contribution in [-0.4, -0.2) is 52.6 Å². The number of pyridine rings is 1. The molecule has 0 spiro atoms. The van der Waals surface area contributed by atoms with Crippen LogP contribution in [-0.2, 0) is 16.6 Å². The van der Waals surface area contributed by atoms with Crippen molar-refractivity contribution < 1.29 is 14.3 Å². The van der Waals surface area contributed by atoms with E-state index in [-0.39, 0.29) is 23.4 Å². The highest BCUT2D eigenvalue weighted by Gasteiger charge is 2.30. The number of hydrogen-bond acceptors (Lipinski definition) is 5. The molecule has 0 radical (unpaired) electrons. The van der Waals surface area contributed by atoms with Gasteiger partial charge in [0.15, 0.2) is 0 Å². The molecule has 2 aliphatic rings. The summed E-state index contributed by atoms with van der Waals surface area (Å²) < 4.78 is 7.53. The predicted octanol–water partition coefficient (Wildman–Crippen LogP) is 3.83. The maximum absolute atomic E-state index is 12.9. The molecule has 0 atom stereocenters. The maximum Gasteiger partial charge on any atom is 0.274 e. The molecular formula is C27H29N5O3. The van der Waals surface area contributed by atoms with E-state index in [0.29, 0.717) is 30.4 Å². The van der Waals surface area contributed by atoms with Gasteiger partial charge in [-0.3, -0.25) is 14.6 Å². The van der Waals surface area contributed by atoms with Crippen molar-refractivity contribution in [2.45, 2.75) is 31.6 Å². The van der Waals surface area contributed by atoms with E-state index in [4.69, 9.17) is 10.00 Å². The van der Waals surface area contributed by atoms with Crippen LogP contribution in [0, 0.1) is 17.2 Å². The molecule has 2 amide bonds. The lowest BCUT2D eigenvalue weighted by Gasteiger charge is -2.35. The Balaban J connectivity index is 1.31. The van der Waals surface area contributed by atoms with Crippen LogP contribution in [0.3, 0.4) is 0 Å². The molecule has 2 aromatic heterocycles. The van der Waals surface area contributed by atoms with Crippen LogP contribution in [0.4, 0.5) is 5.69 Å². The van der Waals surface area contributed by atoms with Gasteiger partial charge in [-0.05, 0) is 67.5 Å². The lowest BCUT2D eigenvalue weighted by molar-refractivity contribution is -0.139. The van der Waals surface area contributed by atoms with Gasteiger partial charge in [-0.1, -0.05) is 0 Å². The molecule has 0 unspecified atom stereocenters. The Morgan fingerprint density at radius 3 is 2.63 bits per heavy atom. The van der Waals surface area contributed by atoms with Gasteiger partial charge in [-0.2, -0.15) is 5.26 Å². The topological polar surface area (TPSA) is 100 Å². The number of carbonyl (C=O) groups excluding carboxylic acids is 2. The van der Waals surface area contributed by atoms with Crippen molar-refractivity contribution in [3.8, 4) is 6.07 Å². The standard InChI is InChI=1S/C27H29N5O3/c1-31-17-23(19-5-10-32(11-6-19)27(34)20-7-12-35-13-8-20)22-15-21(2-3-25(22)31)30-26(33)24-14-18(16-28)4-9-29-24/h2-4,9,14-15,17,19-20H,5-8,10-13H2,1H3,(H,30,33). The molecule has 1 aromatic carbocycles. The van der Waals surface area contributed by atoms with Gasteiger partial charge in [-0.15, -0.1) is 0 Å². The number of carbonyl (C=O) groups is 2. The number of likely N-dealkylation sites (tertiary alicyclic amines) is 1. The van der Waals surface area contributed by atoms with Gasteiger partial charge >= 0.3 is 0 Å². The first-order valence-electron chi connectivity index (χ1n) is 12.2. The minimum atomic E-state index is -0.348. The summed E-state index contributed by atoms with van der Waals surface area (Å²) in [6, 6.07) is 11.0. The van der Waals surface area contributed by atoms with E-state index in [9.17, 15) is 9.59 Å². The Morgan fingerprint density at radius 2 is 1.89 bits per heavy atom. The highest BCUT2D eigenvalue weighted by Crippen LogP contribution is 2.36. The number of ether oxygens (including phenoxy) is 1. The fourth-order valence-corrected chi connectivity index (χ4v) is 5.26. The van der Waals surface area contributed by atoms with Crippen molar-refractivity contribution in [3.63, 3.8) is 0 Å². The molecule has 1 N–H and O–H groups in total. The Bertz CT molecular complexity index is 1290. The van der Waals surface area contributed by atoms with Crippen LogP contribution in [0.1, 0.15) is 53.2 Å². The first kappa shape index (κ1) is 23.1. The lowest BCUT2D eigenvalue weighted by Crippen LogP contribution is -2.42. The molecule has 0 saturated carbocycles. The highest BCUT2D eigenvalue weighted by atomic mass is 16.5. The van der Waals surface area contributed by atoms with Crippen molar-refractivity contribution >= 4 is 28.4 Å². The monoisotopic (exact) mass is 471 g/mol. The van der Waals surface area contributed by atoms with E-state index < -0.39 is 0 Å². The van der Waals surface area contributed by atoms with Gasteiger partial charge in [0, 0.05) is 68.3 Å². The molecule has 8 heteroatoms. The average Bonchev–Trinajstić information content (AvgIpc) is 3.24. The number of piperidine rings is 1. The summed E-state index contributed by atoms with van der Waals surface area (Å²) in [4.78, 5) is 31.8. The van der Waals surface area contributed by atoms with E-state index >= 15 is 0 Å². The number of nitrogens with one attached hydrogen (secondary N) is 1. The first-order valence-corrected chi connectivity index (χ1v) is 12.2. The number of anilines is 1. The zero-order valence-corrected chi connectivity index (χ0v) is 19.9. The van der Waals surface area contributed by atoms with Gasteiger partial charge in [-0.25, -0.2) is 0 Å². The normalized spacial score (nSPS) is 17.3. The average molecular weight is 472 g/mol. The molecule has 3 aromatic rings. The van der Waals surface area contributed by atoms with Gasteiger partial charge < -0.3 is 19.5 Å². The van der Waals surface area contributed by atoms with E-state index in [0.717, 1.165) is 49.7 Å². The van der Waals surface area contributed by atoms with Gasteiger partial charge in [0.2, 0.25) is 5.91 Å². The van der Waals surface area contributed by atoms with Crippen molar-refractivity contribution in [3.05, 3.63) is 59.5 Å². The van der Waals surface area contributed by atoms with E-state index in [1.165, 1.54) is 17.8 Å². The second-order valence-corrected chi connectivity index (χ2v) is 9.41. The fourth-order valence-electron chi connectivity index (χ4n) is 5.26. The number of benzene rings is 1. The van der Waals surface area contributed by atoms with Crippen LogP contribution in [0.5, 0.6) is 0 Å². The summed E-state index contributed by atoms with van der Waals surface area (Å²) in [7, 11) is 2.03. The number of nitrogens with zero attached hydrogens (tertiary/aromatic N) is 4. The molecule has 5 rings (SSSR count). The van der Waals surface area contributed by atoms with Gasteiger partial charge in [0.05, 0.1) is 11.6 Å².